The van der Waals surface area contributed by atoms with Crippen LogP contribution >= 0.6 is 11.6 Å². The lowest BCUT2D eigenvalue weighted by Crippen LogP contribution is -2.27. The highest BCUT2D eigenvalue weighted by molar-refractivity contribution is 6.31. The number of hydrogen-bond acceptors (Lipinski definition) is 4. The Balaban J connectivity index is 1.81. The predicted octanol–water partition coefficient (Wildman–Crippen LogP) is 3.01. The van der Waals surface area contributed by atoms with Crippen LogP contribution in [0.5, 0.6) is 0 Å². The Morgan fingerprint density at radius 3 is 3.08 bits per heavy atom. The van der Waals surface area contributed by atoms with Crippen molar-refractivity contribution in [3.63, 3.8) is 0 Å². The first-order valence-electron chi connectivity index (χ1n) is 7.60. The predicted molar refractivity (Wildman–Crippen MR) is 91.9 cm³/mol. The van der Waals surface area contributed by atoms with Gasteiger partial charge in [-0.2, -0.15) is 5.11 Å². The molecule has 24 heavy (non-hydrogen) atoms. The number of halogens is 1. The van der Waals surface area contributed by atoms with Gasteiger partial charge in [-0.1, -0.05) is 23.7 Å². The molecule has 0 radical (unpaired) electrons. The van der Waals surface area contributed by atoms with Crippen LogP contribution in [0.1, 0.15) is 23.6 Å². The third kappa shape index (κ3) is 2.25. The van der Waals surface area contributed by atoms with E-state index in [-0.39, 0.29) is 17.8 Å². The van der Waals surface area contributed by atoms with Crippen LogP contribution in [0, 0.1) is 12.3 Å². The number of hydrogen-bond donors (Lipinski definition) is 2. The molecule has 2 N–H and O–H groups in total. The number of aromatic nitrogens is 2. The van der Waals surface area contributed by atoms with Crippen molar-refractivity contribution in [1.82, 2.24) is 14.9 Å². The molecule has 0 spiro atoms. The van der Waals surface area contributed by atoms with Gasteiger partial charge in [0, 0.05) is 11.4 Å². The maximum absolute atomic E-state index is 12.5. The van der Waals surface area contributed by atoms with E-state index in [9.17, 15) is 4.79 Å². The summed E-state index contributed by atoms with van der Waals surface area (Å²) in [6.07, 6.45) is 10.3. The van der Waals surface area contributed by atoms with Crippen LogP contribution in [0.2, 0.25) is 5.02 Å². The van der Waals surface area contributed by atoms with E-state index in [0.29, 0.717) is 29.4 Å². The smallest absolute Gasteiger partial charge is 0.332 e. The van der Waals surface area contributed by atoms with Crippen molar-refractivity contribution >= 4 is 17.4 Å². The molecule has 0 amide bonds. The zero-order chi connectivity index (χ0) is 16.7. The normalized spacial score (nSPS) is 20.3. The molecule has 1 aromatic heterocycles. The molecule has 7 heteroatoms. The molecule has 0 bridgehead atoms. The van der Waals surface area contributed by atoms with Gasteiger partial charge in [-0.3, -0.25) is 9.55 Å². The van der Waals surface area contributed by atoms with Crippen LogP contribution in [0.3, 0.4) is 0 Å². The van der Waals surface area contributed by atoms with Crippen LogP contribution in [0.15, 0.2) is 45.5 Å². The van der Waals surface area contributed by atoms with Crippen molar-refractivity contribution in [2.24, 2.45) is 10.2 Å². The fraction of sp³-hybridized carbons (Fsp3) is 0.235. The molecule has 2 aliphatic rings. The highest BCUT2D eigenvalue weighted by Crippen LogP contribution is 2.37. The Bertz CT molecular complexity index is 962. The quantitative estimate of drug-likeness (QED) is 0.843. The number of azo groups is 1. The summed E-state index contributed by atoms with van der Waals surface area (Å²) in [5, 5.41) is 12.0. The summed E-state index contributed by atoms with van der Waals surface area (Å²) in [4.78, 5) is 15.2. The molecular formula is C17H14ClN5O. The minimum atomic E-state index is -0.257. The Kier molecular flexibility index (Phi) is 3.51. The van der Waals surface area contributed by atoms with Crippen molar-refractivity contribution < 1.29 is 0 Å². The van der Waals surface area contributed by atoms with Gasteiger partial charge in [0.1, 0.15) is 0 Å². The monoisotopic (exact) mass is 339 g/mol. The third-order valence-electron chi connectivity index (χ3n) is 4.25. The van der Waals surface area contributed by atoms with Crippen molar-refractivity contribution in [1.29, 1.82) is 0 Å². The van der Waals surface area contributed by atoms with Gasteiger partial charge in [-0.15, -0.1) is 17.5 Å². The first-order chi connectivity index (χ1) is 11.7. The van der Waals surface area contributed by atoms with E-state index in [1.54, 1.807) is 10.6 Å². The van der Waals surface area contributed by atoms with Crippen LogP contribution < -0.4 is 11.0 Å². The number of nitrogens with zero attached hydrogens (tertiary/aromatic N) is 3. The summed E-state index contributed by atoms with van der Waals surface area (Å²) in [5.41, 5.74) is 2.19. The van der Waals surface area contributed by atoms with Gasteiger partial charge in [-0.25, -0.2) is 4.79 Å². The molecule has 0 aliphatic carbocycles. The molecule has 2 aromatic rings. The van der Waals surface area contributed by atoms with E-state index < -0.39 is 0 Å². The second kappa shape index (κ2) is 5.69. The lowest BCUT2D eigenvalue weighted by atomic mass is 10.0. The standard InChI is InChI=1S/C17H14ClN5O/c1-2-3-4-10-5-6-11(9-13(10)18)23-14-12-7-8-19-15(12)21-22-16(14)20-17(23)24/h1,5-9,12,15,19H,3-4H2,(H,20,24). The fourth-order valence-corrected chi connectivity index (χ4v) is 3.36. The van der Waals surface area contributed by atoms with Gasteiger partial charge in [0.15, 0.2) is 12.0 Å². The first kappa shape index (κ1) is 14.8. The van der Waals surface area contributed by atoms with E-state index in [2.05, 4.69) is 26.4 Å². The second-order valence-electron chi connectivity index (χ2n) is 5.69. The highest BCUT2D eigenvalue weighted by Gasteiger charge is 2.34. The fourth-order valence-electron chi connectivity index (χ4n) is 3.09. The minimum Gasteiger partial charge on any atom is -0.368 e. The molecule has 2 atom stereocenters. The number of fused-ring (bicyclic) bond motifs is 3. The number of terminal acetylenes is 1. The molecule has 0 saturated heterocycles. The third-order valence-corrected chi connectivity index (χ3v) is 4.61. The number of rotatable bonds is 3. The van der Waals surface area contributed by atoms with Gasteiger partial charge in [0.05, 0.1) is 17.3 Å². The van der Waals surface area contributed by atoms with Crippen molar-refractivity contribution in [2.45, 2.75) is 24.9 Å². The van der Waals surface area contributed by atoms with Crippen LogP contribution in [-0.2, 0) is 6.42 Å². The topological polar surface area (TPSA) is 74.5 Å². The zero-order valence-electron chi connectivity index (χ0n) is 12.7. The average Bonchev–Trinajstić information content (AvgIpc) is 3.16. The molecule has 3 heterocycles. The number of benzene rings is 1. The number of aromatic amines is 1. The van der Waals surface area contributed by atoms with E-state index in [0.717, 1.165) is 11.3 Å². The molecule has 1 aromatic carbocycles. The number of nitrogens with one attached hydrogen (secondary N) is 2. The Labute approximate surface area is 143 Å². The van der Waals surface area contributed by atoms with Crippen molar-refractivity contribution in [3.05, 3.63) is 57.2 Å². The lowest BCUT2D eigenvalue weighted by Gasteiger charge is -2.20. The SMILES string of the molecule is C#CCCc1ccc(-n2c3c([nH]c2=O)N=NC2NC=CC32)cc1Cl. The first-order valence-corrected chi connectivity index (χ1v) is 7.97. The van der Waals surface area contributed by atoms with Crippen LogP contribution in [-0.4, -0.2) is 15.7 Å². The highest BCUT2D eigenvalue weighted by atomic mass is 35.5. The molecule has 2 aliphatic heterocycles. The summed E-state index contributed by atoms with van der Waals surface area (Å²) in [5.74, 6) is 3.05. The molecule has 0 saturated carbocycles. The Morgan fingerprint density at radius 2 is 2.29 bits per heavy atom. The zero-order valence-corrected chi connectivity index (χ0v) is 13.4. The summed E-state index contributed by atoms with van der Waals surface area (Å²) in [6.45, 7) is 0. The Morgan fingerprint density at radius 1 is 1.42 bits per heavy atom. The molecule has 120 valence electrons. The number of imidazole rings is 1. The molecule has 0 fully saturated rings. The molecule has 4 rings (SSSR count). The molecular weight excluding hydrogens is 326 g/mol. The molecule has 6 nitrogen and oxygen atoms in total. The summed E-state index contributed by atoms with van der Waals surface area (Å²) >= 11 is 6.37. The van der Waals surface area contributed by atoms with E-state index >= 15 is 0 Å². The summed E-state index contributed by atoms with van der Waals surface area (Å²) in [6, 6.07) is 5.57. The van der Waals surface area contributed by atoms with Gasteiger partial charge in [-0.05, 0) is 30.3 Å². The Hall–Kier alpha value is -2.78. The minimum absolute atomic E-state index is 0.0451. The van der Waals surface area contributed by atoms with Crippen LogP contribution in [0.25, 0.3) is 5.69 Å². The average molecular weight is 340 g/mol. The largest absolute Gasteiger partial charge is 0.368 e. The van der Waals surface area contributed by atoms with E-state index in [1.807, 2.05) is 24.4 Å². The van der Waals surface area contributed by atoms with E-state index in [1.165, 1.54) is 0 Å². The summed E-state index contributed by atoms with van der Waals surface area (Å²) < 4.78 is 1.61. The van der Waals surface area contributed by atoms with E-state index in [4.69, 9.17) is 18.0 Å². The maximum atomic E-state index is 12.5. The van der Waals surface area contributed by atoms with Gasteiger partial charge in [0.2, 0.25) is 0 Å². The number of aryl methyl sites for hydroxylation is 1. The van der Waals surface area contributed by atoms with Gasteiger partial charge < -0.3 is 5.32 Å². The molecule has 2 unspecified atom stereocenters. The second-order valence-corrected chi connectivity index (χ2v) is 6.10. The van der Waals surface area contributed by atoms with Crippen molar-refractivity contribution in [2.75, 3.05) is 0 Å². The van der Waals surface area contributed by atoms with Gasteiger partial charge >= 0.3 is 5.69 Å². The van der Waals surface area contributed by atoms with Crippen molar-refractivity contribution in [3.8, 4) is 18.0 Å². The summed E-state index contributed by atoms with van der Waals surface area (Å²) in [7, 11) is 0. The van der Waals surface area contributed by atoms with Crippen LogP contribution in [0.4, 0.5) is 5.82 Å². The lowest BCUT2D eigenvalue weighted by molar-refractivity contribution is 0.539. The van der Waals surface area contributed by atoms with Gasteiger partial charge in [0.25, 0.3) is 0 Å². The number of H-pyrrole nitrogens is 1. The maximum Gasteiger partial charge on any atom is 0.332 e.